The van der Waals surface area contributed by atoms with Crippen LogP contribution in [0.1, 0.15) is 24.0 Å². The predicted molar refractivity (Wildman–Crippen MR) is 81.6 cm³/mol. The summed E-state index contributed by atoms with van der Waals surface area (Å²) >= 11 is 1.45. The number of nitrogens with one attached hydrogen (secondary N) is 2. The van der Waals surface area contributed by atoms with Crippen molar-refractivity contribution >= 4 is 17.7 Å². The van der Waals surface area contributed by atoms with Crippen molar-refractivity contribution in [3.63, 3.8) is 0 Å². The summed E-state index contributed by atoms with van der Waals surface area (Å²) in [6.07, 6.45) is 1.48. The predicted octanol–water partition coefficient (Wildman–Crippen LogP) is 1.16. The molecule has 1 unspecified atom stereocenters. The minimum Gasteiger partial charge on any atom is -0.301 e. The zero-order chi connectivity index (χ0) is 15.2. The number of carbonyl (C=O) groups is 1. The van der Waals surface area contributed by atoms with Gasteiger partial charge < -0.3 is 4.98 Å². The number of H-pyrrole nitrogens is 1. The molecule has 1 atom stereocenters. The molecule has 0 saturated carbocycles. The second-order valence-electron chi connectivity index (χ2n) is 4.50. The topological polar surface area (TPSA) is 101 Å². The van der Waals surface area contributed by atoms with Gasteiger partial charge in [0.25, 0.3) is 5.56 Å². The molecule has 0 radical (unpaired) electrons. The number of hydrogen-bond acceptors (Lipinski definition) is 5. The van der Waals surface area contributed by atoms with Crippen LogP contribution in [0.2, 0.25) is 0 Å². The summed E-state index contributed by atoms with van der Waals surface area (Å²) in [5.41, 5.74) is 3.96. The van der Waals surface area contributed by atoms with E-state index in [1.165, 1.54) is 24.0 Å². The molecule has 0 aliphatic carbocycles. The first-order valence-electron chi connectivity index (χ1n) is 6.37. The SMILES string of the molecule is CC(C(=O)NN)c1ccc(CSc2nccc(=O)[nH]2)cc1. The molecule has 0 fully saturated rings. The lowest BCUT2D eigenvalue weighted by Crippen LogP contribution is -2.33. The van der Waals surface area contributed by atoms with Crippen molar-refractivity contribution in [2.45, 2.75) is 23.8 Å². The number of benzene rings is 1. The lowest BCUT2D eigenvalue weighted by atomic mass is 10.00. The van der Waals surface area contributed by atoms with Crippen LogP contribution in [0, 0.1) is 0 Å². The first-order chi connectivity index (χ1) is 10.1. The molecule has 21 heavy (non-hydrogen) atoms. The van der Waals surface area contributed by atoms with Gasteiger partial charge in [0, 0.05) is 18.0 Å². The molecule has 1 aromatic carbocycles. The number of nitrogens with zero attached hydrogens (tertiary/aromatic N) is 1. The zero-order valence-electron chi connectivity index (χ0n) is 11.5. The summed E-state index contributed by atoms with van der Waals surface area (Å²) in [5, 5.41) is 0.586. The lowest BCUT2D eigenvalue weighted by molar-refractivity contribution is -0.122. The molecule has 2 aromatic rings. The molecule has 2 rings (SSSR count). The Morgan fingerprint density at radius 1 is 1.38 bits per heavy atom. The van der Waals surface area contributed by atoms with E-state index in [-0.39, 0.29) is 17.4 Å². The number of rotatable bonds is 5. The minimum atomic E-state index is -0.288. The maximum atomic E-state index is 11.5. The highest BCUT2D eigenvalue weighted by Gasteiger charge is 2.13. The van der Waals surface area contributed by atoms with Crippen LogP contribution in [0.5, 0.6) is 0 Å². The quantitative estimate of drug-likeness (QED) is 0.253. The van der Waals surface area contributed by atoms with Crippen molar-refractivity contribution in [2.24, 2.45) is 5.84 Å². The second kappa shape index (κ2) is 7.05. The van der Waals surface area contributed by atoms with Gasteiger partial charge in [-0.3, -0.25) is 15.0 Å². The molecule has 1 aromatic heterocycles. The Morgan fingerprint density at radius 2 is 2.10 bits per heavy atom. The van der Waals surface area contributed by atoms with Crippen molar-refractivity contribution < 1.29 is 4.79 Å². The number of nitrogens with two attached hydrogens (primary N) is 1. The molecule has 6 nitrogen and oxygen atoms in total. The smallest absolute Gasteiger partial charge is 0.251 e. The standard InChI is InChI=1S/C14H16N4O2S/c1-9(13(20)18-15)11-4-2-10(3-5-11)8-21-14-16-7-6-12(19)17-14/h2-7,9H,8,15H2,1H3,(H,18,20)(H,16,17,19). The molecular weight excluding hydrogens is 288 g/mol. The van der Waals surface area contributed by atoms with Crippen LogP contribution in [-0.4, -0.2) is 15.9 Å². The molecule has 0 aliphatic rings. The highest BCUT2D eigenvalue weighted by atomic mass is 32.2. The summed E-state index contributed by atoms with van der Waals surface area (Å²) in [6.45, 7) is 1.80. The lowest BCUT2D eigenvalue weighted by Gasteiger charge is -2.10. The number of carbonyl (C=O) groups excluding carboxylic acids is 1. The molecule has 1 heterocycles. The van der Waals surface area contributed by atoms with Crippen LogP contribution >= 0.6 is 11.8 Å². The van der Waals surface area contributed by atoms with Gasteiger partial charge in [0.15, 0.2) is 5.16 Å². The van der Waals surface area contributed by atoms with Gasteiger partial charge in [0.2, 0.25) is 5.91 Å². The Morgan fingerprint density at radius 3 is 2.71 bits per heavy atom. The van der Waals surface area contributed by atoms with Gasteiger partial charge in [-0.2, -0.15) is 0 Å². The van der Waals surface area contributed by atoms with Crippen LogP contribution in [-0.2, 0) is 10.5 Å². The Kier molecular flexibility index (Phi) is 5.13. The van der Waals surface area contributed by atoms with Crippen molar-refractivity contribution in [1.29, 1.82) is 0 Å². The molecule has 0 bridgehead atoms. The first-order valence-corrected chi connectivity index (χ1v) is 7.36. The van der Waals surface area contributed by atoms with Crippen LogP contribution < -0.4 is 16.8 Å². The highest BCUT2D eigenvalue weighted by molar-refractivity contribution is 7.98. The second-order valence-corrected chi connectivity index (χ2v) is 5.46. The van der Waals surface area contributed by atoms with E-state index in [0.29, 0.717) is 10.9 Å². The van der Waals surface area contributed by atoms with E-state index in [4.69, 9.17) is 5.84 Å². The molecule has 0 spiro atoms. The monoisotopic (exact) mass is 304 g/mol. The fraction of sp³-hybridized carbons (Fsp3) is 0.214. The van der Waals surface area contributed by atoms with E-state index in [1.807, 2.05) is 24.3 Å². The third kappa shape index (κ3) is 4.17. The van der Waals surface area contributed by atoms with Gasteiger partial charge in [-0.05, 0) is 18.1 Å². The fourth-order valence-electron chi connectivity index (χ4n) is 1.76. The highest BCUT2D eigenvalue weighted by Crippen LogP contribution is 2.20. The van der Waals surface area contributed by atoms with Crippen molar-refractivity contribution in [3.8, 4) is 0 Å². The third-order valence-corrected chi connectivity index (χ3v) is 4.00. The van der Waals surface area contributed by atoms with Gasteiger partial charge in [-0.25, -0.2) is 10.8 Å². The Labute approximate surface area is 126 Å². The molecule has 7 heteroatoms. The number of hydrogen-bond donors (Lipinski definition) is 3. The van der Waals surface area contributed by atoms with Crippen molar-refractivity contribution in [2.75, 3.05) is 0 Å². The summed E-state index contributed by atoms with van der Waals surface area (Å²) in [5.74, 6) is 5.30. The van der Waals surface area contributed by atoms with Crippen LogP contribution in [0.4, 0.5) is 0 Å². The van der Waals surface area contributed by atoms with E-state index in [0.717, 1.165) is 11.1 Å². The third-order valence-electron chi connectivity index (χ3n) is 3.04. The summed E-state index contributed by atoms with van der Waals surface area (Å²) in [6, 6.07) is 9.07. The normalized spacial score (nSPS) is 11.9. The maximum Gasteiger partial charge on any atom is 0.251 e. The molecule has 4 N–H and O–H groups in total. The Balaban J connectivity index is 1.99. The number of thioether (sulfide) groups is 1. The van der Waals surface area contributed by atoms with Crippen LogP contribution in [0.15, 0.2) is 46.5 Å². The molecule has 1 amide bonds. The number of aromatic amines is 1. The molecular formula is C14H16N4O2S. The van der Waals surface area contributed by atoms with E-state index in [9.17, 15) is 9.59 Å². The number of amides is 1. The summed E-state index contributed by atoms with van der Waals surface area (Å²) < 4.78 is 0. The maximum absolute atomic E-state index is 11.5. The van der Waals surface area contributed by atoms with E-state index >= 15 is 0 Å². The van der Waals surface area contributed by atoms with E-state index < -0.39 is 0 Å². The van der Waals surface area contributed by atoms with Gasteiger partial charge in [0.1, 0.15) is 0 Å². The zero-order valence-corrected chi connectivity index (χ0v) is 12.3. The number of hydrazine groups is 1. The van der Waals surface area contributed by atoms with Gasteiger partial charge in [0.05, 0.1) is 5.92 Å². The average molecular weight is 304 g/mol. The van der Waals surface area contributed by atoms with Crippen LogP contribution in [0.3, 0.4) is 0 Å². The largest absolute Gasteiger partial charge is 0.301 e. The van der Waals surface area contributed by atoms with E-state index in [2.05, 4.69) is 15.4 Å². The Bertz CT molecular complexity index is 669. The van der Waals surface area contributed by atoms with Gasteiger partial charge in [-0.15, -0.1) is 0 Å². The van der Waals surface area contributed by atoms with Gasteiger partial charge >= 0.3 is 0 Å². The molecule has 0 saturated heterocycles. The average Bonchev–Trinajstić information content (AvgIpc) is 2.52. The Hall–Kier alpha value is -2.12. The van der Waals surface area contributed by atoms with Crippen molar-refractivity contribution in [3.05, 3.63) is 58.0 Å². The van der Waals surface area contributed by atoms with Crippen LogP contribution in [0.25, 0.3) is 0 Å². The van der Waals surface area contributed by atoms with Gasteiger partial charge in [-0.1, -0.05) is 36.0 Å². The molecule has 0 aliphatic heterocycles. The minimum absolute atomic E-state index is 0.163. The molecule has 110 valence electrons. The number of aromatic nitrogens is 2. The first kappa shape index (κ1) is 15.3. The summed E-state index contributed by atoms with van der Waals surface area (Å²) in [4.78, 5) is 29.3. The fourth-order valence-corrected chi connectivity index (χ4v) is 2.56. The summed E-state index contributed by atoms with van der Waals surface area (Å²) in [7, 11) is 0. The van der Waals surface area contributed by atoms with E-state index in [1.54, 1.807) is 6.92 Å². The van der Waals surface area contributed by atoms with Crippen molar-refractivity contribution in [1.82, 2.24) is 15.4 Å².